The van der Waals surface area contributed by atoms with Gasteiger partial charge in [-0.2, -0.15) is 0 Å². The van der Waals surface area contributed by atoms with Gasteiger partial charge in [0.1, 0.15) is 12.3 Å². The molecule has 0 spiro atoms. The summed E-state index contributed by atoms with van der Waals surface area (Å²) in [6.45, 7) is -0.119. The maximum atomic E-state index is 10.6. The molecule has 1 aromatic carbocycles. The van der Waals surface area contributed by atoms with E-state index in [1.54, 1.807) is 29.0 Å². The topological polar surface area (TPSA) is 62.5 Å². The van der Waals surface area contributed by atoms with Gasteiger partial charge in [0.05, 0.1) is 10.9 Å². The minimum Gasteiger partial charge on any atom is -0.507 e. The van der Waals surface area contributed by atoms with Crippen molar-refractivity contribution in [3.63, 3.8) is 0 Å². The lowest BCUT2D eigenvalue weighted by Gasteiger charge is -2.00. The van der Waals surface area contributed by atoms with Crippen molar-refractivity contribution < 1.29 is 15.0 Å². The number of nitrogens with zero attached hydrogens (tertiary/aromatic N) is 1. The van der Waals surface area contributed by atoms with Crippen LogP contribution in [0.3, 0.4) is 0 Å². The smallest absolute Gasteiger partial charge is 0.323 e. The molecule has 0 aliphatic carbocycles. The van der Waals surface area contributed by atoms with Gasteiger partial charge in [-0.3, -0.25) is 4.79 Å². The van der Waals surface area contributed by atoms with E-state index in [4.69, 9.17) is 5.11 Å². The van der Waals surface area contributed by atoms with Crippen LogP contribution in [0.1, 0.15) is 0 Å². The average Bonchev–Trinajstić information content (AvgIpc) is 2.44. The summed E-state index contributed by atoms with van der Waals surface area (Å²) < 4.78 is 2.26. The Hall–Kier alpha value is -1.49. The van der Waals surface area contributed by atoms with Crippen LogP contribution in [0.2, 0.25) is 0 Å². The van der Waals surface area contributed by atoms with E-state index in [0.29, 0.717) is 15.4 Å². The van der Waals surface area contributed by atoms with Crippen molar-refractivity contribution in [1.29, 1.82) is 0 Å². The van der Waals surface area contributed by atoms with Crippen molar-refractivity contribution in [2.24, 2.45) is 0 Å². The fraction of sp³-hybridized carbons (Fsp3) is 0.100. The van der Waals surface area contributed by atoms with Crippen molar-refractivity contribution in [1.82, 2.24) is 4.57 Å². The molecule has 5 heteroatoms. The second-order valence-corrected chi connectivity index (χ2v) is 4.02. The molecule has 0 saturated carbocycles. The van der Waals surface area contributed by atoms with Gasteiger partial charge in [-0.1, -0.05) is 6.07 Å². The highest BCUT2D eigenvalue weighted by atomic mass is 79.9. The van der Waals surface area contributed by atoms with Crippen LogP contribution in [-0.2, 0) is 11.3 Å². The lowest BCUT2D eigenvalue weighted by Crippen LogP contribution is -2.07. The maximum absolute atomic E-state index is 10.6. The van der Waals surface area contributed by atoms with Crippen molar-refractivity contribution in [2.75, 3.05) is 0 Å². The van der Waals surface area contributed by atoms with Gasteiger partial charge >= 0.3 is 5.97 Å². The molecule has 0 aliphatic rings. The minimum atomic E-state index is -0.914. The molecule has 0 amide bonds. The van der Waals surface area contributed by atoms with E-state index in [0.717, 1.165) is 0 Å². The summed E-state index contributed by atoms with van der Waals surface area (Å²) in [7, 11) is 0. The van der Waals surface area contributed by atoms with Gasteiger partial charge in [0.15, 0.2) is 0 Å². The monoisotopic (exact) mass is 269 g/mol. The summed E-state index contributed by atoms with van der Waals surface area (Å²) in [6, 6.07) is 5.02. The number of carbonyl (C=O) groups is 1. The summed E-state index contributed by atoms with van der Waals surface area (Å²) >= 11 is 3.28. The number of carboxylic acids is 1. The molecule has 0 fully saturated rings. The Morgan fingerprint density at radius 3 is 2.87 bits per heavy atom. The Balaban J connectivity index is 2.68. The van der Waals surface area contributed by atoms with Crippen LogP contribution < -0.4 is 0 Å². The van der Waals surface area contributed by atoms with Gasteiger partial charge < -0.3 is 14.8 Å². The Kier molecular flexibility index (Phi) is 2.40. The standard InChI is InChI=1S/C10H8BrNO3/c11-6-4-12(5-9(14)15)7-2-1-3-8(13)10(6)7/h1-4,13H,5H2,(H,14,15). The number of fused-ring (bicyclic) bond motifs is 1. The van der Waals surface area contributed by atoms with E-state index in [9.17, 15) is 9.90 Å². The van der Waals surface area contributed by atoms with Crippen LogP contribution in [-0.4, -0.2) is 20.7 Å². The van der Waals surface area contributed by atoms with Crippen LogP contribution in [0.25, 0.3) is 10.9 Å². The summed E-state index contributed by atoms with van der Waals surface area (Å²) in [5, 5.41) is 19.0. The van der Waals surface area contributed by atoms with Crippen molar-refractivity contribution in [3.8, 4) is 5.75 Å². The molecule has 0 aliphatic heterocycles. The van der Waals surface area contributed by atoms with E-state index >= 15 is 0 Å². The number of hydrogen-bond donors (Lipinski definition) is 2. The summed E-state index contributed by atoms with van der Waals surface area (Å²) in [5.74, 6) is -0.772. The van der Waals surface area contributed by atoms with Crippen LogP contribution >= 0.6 is 15.9 Å². The molecular formula is C10H8BrNO3. The zero-order chi connectivity index (χ0) is 11.0. The molecule has 4 nitrogen and oxygen atoms in total. The zero-order valence-corrected chi connectivity index (χ0v) is 9.23. The number of aromatic hydroxyl groups is 1. The number of phenols is 1. The SMILES string of the molecule is O=C(O)Cn1cc(Br)c2c(O)cccc21. The molecular weight excluding hydrogens is 262 g/mol. The van der Waals surface area contributed by atoms with Gasteiger partial charge in [0, 0.05) is 10.7 Å². The molecule has 2 aromatic rings. The first-order valence-corrected chi connectivity index (χ1v) is 5.07. The molecule has 2 N–H and O–H groups in total. The number of aliphatic carboxylic acids is 1. The van der Waals surface area contributed by atoms with Gasteiger partial charge in [-0.05, 0) is 28.1 Å². The second-order valence-electron chi connectivity index (χ2n) is 3.17. The predicted molar refractivity (Wildman–Crippen MR) is 58.9 cm³/mol. The zero-order valence-electron chi connectivity index (χ0n) is 7.64. The molecule has 1 aromatic heterocycles. The molecule has 0 saturated heterocycles. The highest BCUT2D eigenvalue weighted by Crippen LogP contribution is 2.33. The molecule has 0 unspecified atom stereocenters. The Labute approximate surface area is 93.9 Å². The lowest BCUT2D eigenvalue weighted by atomic mass is 10.2. The first kappa shape index (κ1) is 10.0. The summed E-state index contributed by atoms with van der Waals surface area (Å²) in [6.07, 6.45) is 1.65. The molecule has 0 radical (unpaired) electrons. The van der Waals surface area contributed by atoms with Crippen LogP contribution in [0.5, 0.6) is 5.75 Å². The molecule has 0 atom stereocenters. The van der Waals surface area contributed by atoms with E-state index in [2.05, 4.69) is 15.9 Å². The highest BCUT2D eigenvalue weighted by molar-refractivity contribution is 9.10. The third-order valence-electron chi connectivity index (χ3n) is 2.14. The fourth-order valence-corrected chi connectivity index (χ4v) is 2.21. The largest absolute Gasteiger partial charge is 0.507 e. The summed E-state index contributed by atoms with van der Waals surface area (Å²) in [5.41, 5.74) is 0.698. The minimum absolute atomic E-state index is 0.119. The molecule has 15 heavy (non-hydrogen) atoms. The van der Waals surface area contributed by atoms with Crippen LogP contribution in [0.15, 0.2) is 28.9 Å². The third-order valence-corrected chi connectivity index (χ3v) is 2.74. The van der Waals surface area contributed by atoms with Crippen molar-refractivity contribution >= 4 is 32.8 Å². The first-order valence-electron chi connectivity index (χ1n) is 4.27. The number of benzene rings is 1. The van der Waals surface area contributed by atoms with E-state index in [-0.39, 0.29) is 12.3 Å². The fourth-order valence-electron chi connectivity index (χ4n) is 1.56. The number of halogens is 1. The quantitative estimate of drug-likeness (QED) is 0.879. The van der Waals surface area contributed by atoms with E-state index < -0.39 is 5.97 Å². The van der Waals surface area contributed by atoms with E-state index in [1.807, 2.05) is 0 Å². The molecule has 0 bridgehead atoms. The third kappa shape index (κ3) is 1.70. The molecule has 2 rings (SSSR count). The van der Waals surface area contributed by atoms with Gasteiger partial charge in [-0.15, -0.1) is 0 Å². The van der Waals surface area contributed by atoms with E-state index in [1.165, 1.54) is 0 Å². The van der Waals surface area contributed by atoms with Crippen molar-refractivity contribution in [3.05, 3.63) is 28.9 Å². The number of hydrogen-bond acceptors (Lipinski definition) is 2. The number of carboxylic acid groups (broad SMARTS) is 1. The Morgan fingerprint density at radius 2 is 2.20 bits per heavy atom. The molecule has 1 heterocycles. The second kappa shape index (κ2) is 3.58. The van der Waals surface area contributed by atoms with Gasteiger partial charge in [-0.25, -0.2) is 0 Å². The molecule has 78 valence electrons. The Bertz CT molecular complexity index is 533. The highest BCUT2D eigenvalue weighted by Gasteiger charge is 2.11. The van der Waals surface area contributed by atoms with Gasteiger partial charge in [0.2, 0.25) is 0 Å². The average molecular weight is 270 g/mol. The van der Waals surface area contributed by atoms with Gasteiger partial charge in [0.25, 0.3) is 0 Å². The van der Waals surface area contributed by atoms with Crippen LogP contribution in [0.4, 0.5) is 0 Å². The predicted octanol–water partition coefficient (Wildman–Crippen LogP) is 2.19. The first-order chi connectivity index (χ1) is 7.09. The number of rotatable bonds is 2. The maximum Gasteiger partial charge on any atom is 0.323 e. The number of aromatic nitrogens is 1. The summed E-state index contributed by atoms with van der Waals surface area (Å²) in [4.78, 5) is 10.6. The lowest BCUT2D eigenvalue weighted by molar-refractivity contribution is -0.137. The number of phenolic OH excluding ortho intramolecular Hbond substituents is 1. The normalized spacial score (nSPS) is 10.7. The van der Waals surface area contributed by atoms with Crippen LogP contribution in [0, 0.1) is 0 Å². The Morgan fingerprint density at radius 1 is 1.47 bits per heavy atom. The van der Waals surface area contributed by atoms with Crippen molar-refractivity contribution in [2.45, 2.75) is 6.54 Å².